The van der Waals surface area contributed by atoms with Crippen molar-refractivity contribution >= 4 is 11.9 Å². The quantitative estimate of drug-likeness (QED) is 0.837. The summed E-state index contributed by atoms with van der Waals surface area (Å²) in [6.45, 7) is 0. The predicted octanol–water partition coefficient (Wildman–Crippen LogP) is 3.89. The van der Waals surface area contributed by atoms with Crippen molar-refractivity contribution in [1.29, 1.82) is 0 Å². The molecule has 0 amide bonds. The summed E-state index contributed by atoms with van der Waals surface area (Å²) in [5.74, 6) is -3.07. The number of carboxylic acids is 2. The van der Waals surface area contributed by atoms with Gasteiger partial charge in [0.05, 0.1) is 0 Å². The van der Waals surface area contributed by atoms with Gasteiger partial charge < -0.3 is 10.2 Å². The van der Waals surface area contributed by atoms with E-state index < -0.39 is 23.3 Å². The van der Waals surface area contributed by atoms with Crippen LogP contribution in [0.4, 0.5) is 0 Å². The molecule has 2 aromatic carbocycles. The van der Waals surface area contributed by atoms with Gasteiger partial charge >= 0.3 is 11.9 Å². The minimum absolute atomic E-state index is 0.0571. The molecule has 2 atom stereocenters. The van der Waals surface area contributed by atoms with Gasteiger partial charge in [0, 0.05) is 5.92 Å². The van der Waals surface area contributed by atoms with Gasteiger partial charge in [-0.2, -0.15) is 0 Å². The zero-order valence-corrected chi connectivity index (χ0v) is 13.3. The minimum atomic E-state index is -1.79. The normalized spacial score (nSPS) is 22.7. The molecule has 1 fully saturated rings. The molecule has 3 rings (SSSR count). The second-order valence-corrected chi connectivity index (χ2v) is 6.43. The zero-order chi connectivity index (χ0) is 17.2. The molecule has 2 N–H and O–H groups in total. The minimum Gasteiger partial charge on any atom is -0.480 e. The van der Waals surface area contributed by atoms with E-state index >= 15 is 0 Å². The van der Waals surface area contributed by atoms with Crippen LogP contribution in [-0.2, 0) is 9.59 Å². The number of rotatable bonds is 4. The first-order valence-electron chi connectivity index (χ1n) is 8.12. The number of carboxylic acid groups (broad SMARTS) is 2. The van der Waals surface area contributed by atoms with E-state index in [4.69, 9.17) is 0 Å². The lowest BCUT2D eigenvalue weighted by Gasteiger charge is -2.41. The Morgan fingerprint density at radius 3 is 1.79 bits per heavy atom. The molecular weight excluding hydrogens is 304 g/mol. The summed E-state index contributed by atoms with van der Waals surface area (Å²) in [6, 6.07) is 18.8. The third-order valence-electron chi connectivity index (χ3n) is 5.20. The molecule has 1 saturated carbocycles. The zero-order valence-electron chi connectivity index (χ0n) is 13.3. The summed E-state index contributed by atoms with van der Waals surface area (Å²) in [5, 5.41) is 19.7. The summed E-state index contributed by atoms with van der Waals surface area (Å²) in [6.07, 6.45) is 1.44. The third kappa shape index (κ3) is 2.68. The van der Waals surface area contributed by atoms with Crippen molar-refractivity contribution < 1.29 is 19.8 Å². The van der Waals surface area contributed by atoms with Crippen LogP contribution in [0.1, 0.15) is 42.2 Å². The smallest absolute Gasteiger partial charge is 0.321 e. The van der Waals surface area contributed by atoms with Crippen LogP contribution >= 0.6 is 0 Å². The first-order valence-corrected chi connectivity index (χ1v) is 8.12. The van der Waals surface area contributed by atoms with Crippen LogP contribution in [-0.4, -0.2) is 22.2 Å². The van der Waals surface area contributed by atoms with Crippen molar-refractivity contribution in [2.45, 2.75) is 31.1 Å². The van der Waals surface area contributed by atoms with Crippen molar-refractivity contribution in [3.63, 3.8) is 0 Å². The molecule has 0 aromatic heterocycles. The Hall–Kier alpha value is -2.62. The van der Waals surface area contributed by atoms with E-state index in [1.807, 2.05) is 60.7 Å². The maximum atomic E-state index is 12.1. The van der Waals surface area contributed by atoms with Crippen molar-refractivity contribution in [3.05, 3.63) is 71.8 Å². The number of hydrogen-bond donors (Lipinski definition) is 2. The molecule has 4 heteroatoms. The lowest BCUT2D eigenvalue weighted by Crippen LogP contribution is -2.48. The lowest BCUT2D eigenvalue weighted by atomic mass is 9.59. The van der Waals surface area contributed by atoms with Gasteiger partial charge in [0.15, 0.2) is 5.41 Å². The van der Waals surface area contributed by atoms with Gasteiger partial charge in [-0.3, -0.25) is 9.59 Å². The fraction of sp³-hybridized carbons (Fsp3) is 0.300. The molecular formula is C20H20O4. The molecule has 2 unspecified atom stereocenters. The molecule has 1 aliphatic rings. The van der Waals surface area contributed by atoms with Gasteiger partial charge in [0.2, 0.25) is 0 Å². The highest BCUT2D eigenvalue weighted by Gasteiger charge is 2.56. The van der Waals surface area contributed by atoms with Gasteiger partial charge in [0.25, 0.3) is 0 Å². The fourth-order valence-corrected chi connectivity index (χ4v) is 3.96. The number of hydrogen-bond acceptors (Lipinski definition) is 2. The Morgan fingerprint density at radius 2 is 1.29 bits per heavy atom. The van der Waals surface area contributed by atoms with Crippen molar-refractivity contribution in [2.75, 3.05) is 0 Å². The van der Waals surface area contributed by atoms with Gasteiger partial charge in [-0.05, 0) is 36.3 Å². The van der Waals surface area contributed by atoms with Crippen LogP contribution in [0.3, 0.4) is 0 Å². The maximum Gasteiger partial charge on any atom is 0.321 e. The number of benzene rings is 2. The van der Waals surface area contributed by atoms with Crippen molar-refractivity contribution in [2.24, 2.45) is 5.41 Å². The Balaban J connectivity index is 2.03. The van der Waals surface area contributed by atoms with Crippen LogP contribution in [0.15, 0.2) is 60.7 Å². The van der Waals surface area contributed by atoms with Crippen LogP contribution in [0.2, 0.25) is 0 Å². The van der Waals surface area contributed by atoms with E-state index in [-0.39, 0.29) is 12.3 Å². The third-order valence-corrected chi connectivity index (χ3v) is 5.20. The largest absolute Gasteiger partial charge is 0.480 e. The second-order valence-electron chi connectivity index (χ2n) is 6.43. The van der Waals surface area contributed by atoms with Crippen molar-refractivity contribution in [1.82, 2.24) is 0 Å². The second kappa shape index (κ2) is 6.48. The highest BCUT2D eigenvalue weighted by Crippen LogP contribution is 2.52. The summed E-state index contributed by atoms with van der Waals surface area (Å²) < 4.78 is 0. The Bertz CT molecular complexity index is 710. The Morgan fingerprint density at radius 1 is 0.792 bits per heavy atom. The fourth-order valence-electron chi connectivity index (χ4n) is 3.96. The molecule has 4 nitrogen and oxygen atoms in total. The summed E-state index contributed by atoms with van der Waals surface area (Å²) >= 11 is 0. The van der Waals surface area contributed by atoms with Crippen LogP contribution in [0, 0.1) is 5.41 Å². The topological polar surface area (TPSA) is 74.6 Å². The standard InChI is InChI=1S/C20H20O4/c21-18(22)20(19(23)24)13-16(14-7-3-1-4-8-14)11-12-17(20)15-9-5-2-6-10-15/h1-10,16-17H,11-13H2,(H,21,22)(H,23,24). The highest BCUT2D eigenvalue weighted by atomic mass is 16.4. The van der Waals surface area contributed by atoms with Crippen molar-refractivity contribution in [3.8, 4) is 0 Å². The van der Waals surface area contributed by atoms with E-state index in [9.17, 15) is 19.8 Å². The molecule has 24 heavy (non-hydrogen) atoms. The molecule has 1 aliphatic carbocycles. The summed E-state index contributed by atoms with van der Waals surface area (Å²) in [7, 11) is 0. The lowest BCUT2D eigenvalue weighted by molar-refractivity contribution is -0.169. The van der Waals surface area contributed by atoms with Crippen LogP contribution in [0.5, 0.6) is 0 Å². The van der Waals surface area contributed by atoms with E-state index in [1.165, 1.54) is 0 Å². The van der Waals surface area contributed by atoms with Gasteiger partial charge in [-0.25, -0.2) is 0 Å². The Labute approximate surface area is 140 Å². The van der Waals surface area contributed by atoms with Gasteiger partial charge in [-0.15, -0.1) is 0 Å². The first kappa shape index (κ1) is 16.2. The average molecular weight is 324 g/mol. The molecule has 2 aromatic rings. The van der Waals surface area contributed by atoms with Crippen LogP contribution < -0.4 is 0 Å². The SMILES string of the molecule is O=C(O)C1(C(=O)O)CC(c2ccccc2)CCC1c1ccccc1. The number of aliphatic carboxylic acids is 2. The van der Waals surface area contributed by atoms with Gasteiger partial charge in [0.1, 0.15) is 0 Å². The molecule has 0 radical (unpaired) electrons. The monoisotopic (exact) mass is 324 g/mol. The highest BCUT2D eigenvalue weighted by molar-refractivity contribution is 5.99. The molecule has 124 valence electrons. The van der Waals surface area contributed by atoms with E-state index in [0.717, 1.165) is 17.5 Å². The molecule has 0 aliphatic heterocycles. The summed E-state index contributed by atoms with van der Waals surface area (Å²) in [5.41, 5.74) is 0.00446. The summed E-state index contributed by atoms with van der Waals surface area (Å²) in [4.78, 5) is 24.2. The number of carbonyl (C=O) groups is 2. The maximum absolute atomic E-state index is 12.1. The Kier molecular flexibility index (Phi) is 4.38. The molecule has 0 heterocycles. The molecule has 0 spiro atoms. The molecule has 0 saturated heterocycles. The predicted molar refractivity (Wildman–Crippen MR) is 89.9 cm³/mol. The first-order chi connectivity index (χ1) is 11.6. The average Bonchev–Trinajstić information content (AvgIpc) is 2.62. The van der Waals surface area contributed by atoms with Crippen LogP contribution in [0.25, 0.3) is 0 Å². The van der Waals surface area contributed by atoms with E-state index in [0.29, 0.717) is 6.42 Å². The van der Waals surface area contributed by atoms with E-state index in [1.54, 1.807) is 0 Å². The molecule has 0 bridgehead atoms. The van der Waals surface area contributed by atoms with E-state index in [2.05, 4.69) is 0 Å². The van der Waals surface area contributed by atoms with Gasteiger partial charge in [-0.1, -0.05) is 60.7 Å².